The molecule has 0 atom stereocenters. The monoisotopic (exact) mass is 333 g/mol. The second-order valence-corrected chi connectivity index (χ2v) is 4.43. The number of aromatic carboxylic acids is 1. The van der Waals surface area contributed by atoms with Crippen molar-refractivity contribution in [3.8, 4) is 5.75 Å². The van der Waals surface area contributed by atoms with E-state index in [1.807, 2.05) is 0 Å². The van der Waals surface area contributed by atoms with Gasteiger partial charge in [-0.1, -0.05) is 0 Å². The molecule has 9 heteroatoms. The maximum Gasteiger partial charge on any atom is 0.339 e. The lowest BCUT2D eigenvalue weighted by molar-refractivity contribution is 0.0377. The lowest BCUT2D eigenvalue weighted by Gasteiger charge is -2.19. The second kappa shape index (κ2) is 5.84. The number of nitrogens with two attached hydrogens (primary N) is 1. The quantitative estimate of drug-likeness (QED) is 0.512. The van der Waals surface area contributed by atoms with Crippen LogP contribution in [0.5, 0.6) is 5.75 Å². The van der Waals surface area contributed by atoms with Gasteiger partial charge in [0, 0.05) is 5.56 Å². The number of rotatable bonds is 4. The number of benzene rings is 2. The minimum Gasteiger partial charge on any atom is -0.478 e. The predicted molar refractivity (Wildman–Crippen MR) is 67.5 cm³/mol. The average molecular weight is 333 g/mol. The molecule has 0 aromatic heterocycles. The minimum absolute atomic E-state index is 0.344. The summed E-state index contributed by atoms with van der Waals surface area (Å²) in [5, 5.41) is 8.93. The van der Waals surface area contributed by atoms with Crippen LogP contribution >= 0.6 is 0 Å². The number of hydrogen-bond acceptors (Lipinski definition) is 3. The summed E-state index contributed by atoms with van der Waals surface area (Å²) in [5.74, 6) is -7.06. The third kappa shape index (κ3) is 2.82. The lowest BCUT2D eigenvalue weighted by atomic mass is 9.97. The van der Waals surface area contributed by atoms with E-state index in [0.29, 0.717) is 18.2 Å². The topological polar surface area (TPSA) is 72.5 Å². The first-order chi connectivity index (χ1) is 10.7. The highest BCUT2D eigenvalue weighted by atomic mass is 19.3. The van der Waals surface area contributed by atoms with Crippen molar-refractivity contribution in [1.82, 2.24) is 0 Å². The molecule has 3 N–H and O–H groups in total. The predicted octanol–water partition coefficient (Wildman–Crippen LogP) is 3.19. The Morgan fingerprint density at radius 2 is 1.74 bits per heavy atom. The summed E-state index contributed by atoms with van der Waals surface area (Å²) in [6, 6.07) is 2.80. The zero-order valence-electron chi connectivity index (χ0n) is 11.1. The van der Waals surface area contributed by atoms with Crippen molar-refractivity contribution >= 4 is 5.97 Å². The van der Waals surface area contributed by atoms with E-state index in [2.05, 4.69) is 4.84 Å². The molecule has 0 unspecified atom stereocenters. The molecule has 2 rings (SSSR count). The Hall–Kier alpha value is -2.68. The fourth-order valence-corrected chi connectivity index (χ4v) is 1.92. The number of hydrogen-bond donors (Lipinski definition) is 2. The maximum absolute atomic E-state index is 14.3. The van der Waals surface area contributed by atoms with Gasteiger partial charge in [-0.3, -0.25) is 0 Å². The van der Waals surface area contributed by atoms with Gasteiger partial charge in [-0.05, 0) is 30.3 Å². The van der Waals surface area contributed by atoms with Crippen LogP contribution in [0.3, 0.4) is 0 Å². The van der Waals surface area contributed by atoms with Crippen LogP contribution in [-0.4, -0.2) is 11.1 Å². The van der Waals surface area contributed by atoms with Crippen molar-refractivity contribution in [2.45, 2.75) is 5.92 Å². The van der Waals surface area contributed by atoms with Gasteiger partial charge >= 0.3 is 11.9 Å². The maximum atomic E-state index is 14.3. The van der Waals surface area contributed by atoms with Crippen molar-refractivity contribution in [2.75, 3.05) is 0 Å². The van der Waals surface area contributed by atoms with E-state index >= 15 is 0 Å². The molecule has 122 valence electrons. The summed E-state index contributed by atoms with van der Waals surface area (Å²) in [7, 11) is 0. The molecule has 0 aliphatic rings. The van der Waals surface area contributed by atoms with Gasteiger partial charge in [-0.2, -0.15) is 14.7 Å². The van der Waals surface area contributed by atoms with Crippen LogP contribution in [-0.2, 0) is 5.92 Å². The molecule has 0 heterocycles. The average Bonchev–Trinajstić information content (AvgIpc) is 2.51. The van der Waals surface area contributed by atoms with Crippen molar-refractivity contribution in [3.05, 3.63) is 64.5 Å². The largest absolute Gasteiger partial charge is 0.478 e. The fourth-order valence-electron chi connectivity index (χ4n) is 1.92. The summed E-state index contributed by atoms with van der Waals surface area (Å²) in [6.07, 6.45) is 0. The lowest BCUT2D eigenvalue weighted by Crippen LogP contribution is -2.20. The SMILES string of the molecule is NOc1ccc(C(F)(F)c2ccc(F)c(F)c2F)cc1C(=O)O. The first-order valence-electron chi connectivity index (χ1n) is 5.96. The minimum atomic E-state index is -4.12. The number of halogens is 5. The molecule has 0 fully saturated rings. The summed E-state index contributed by atoms with van der Waals surface area (Å²) in [4.78, 5) is 15.2. The van der Waals surface area contributed by atoms with Gasteiger partial charge in [0.25, 0.3) is 0 Å². The molecule has 23 heavy (non-hydrogen) atoms. The highest BCUT2D eigenvalue weighted by Gasteiger charge is 2.39. The van der Waals surface area contributed by atoms with Crippen LogP contribution in [0, 0.1) is 17.5 Å². The van der Waals surface area contributed by atoms with Gasteiger partial charge < -0.3 is 9.94 Å². The smallest absolute Gasteiger partial charge is 0.339 e. The van der Waals surface area contributed by atoms with Crippen LogP contribution in [0.25, 0.3) is 0 Å². The van der Waals surface area contributed by atoms with Crippen LogP contribution in [0.4, 0.5) is 22.0 Å². The van der Waals surface area contributed by atoms with Gasteiger partial charge in [0.15, 0.2) is 23.2 Å². The summed E-state index contributed by atoms with van der Waals surface area (Å²) < 4.78 is 68.3. The van der Waals surface area contributed by atoms with Crippen molar-refractivity contribution in [2.24, 2.45) is 5.90 Å². The van der Waals surface area contributed by atoms with Crippen molar-refractivity contribution < 1.29 is 36.7 Å². The number of carbonyl (C=O) groups is 1. The second-order valence-electron chi connectivity index (χ2n) is 4.43. The third-order valence-corrected chi connectivity index (χ3v) is 3.07. The van der Waals surface area contributed by atoms with Gasteiger partial charge in [0.05, 0.1) is 5.56 Å². The number of alkyl halides is 2. The molecule has 0 saturated heterocycles. The van der Waals surface area contributed by atoms with E-state index in [9.17, 15) is 26.7 Å². The molecule has 2 aromatic rings. The summed E-state index contributed by atoms with van der Waals surface area (Å²) in [6.45, 7) is 0. The zero-order chi connectivity index (χ0) is 17.4. The molecule has 0 spiro atoms. The first kappa shape index (κ1) is 16.7. The van der Waals surface area contributed by atoms with Crippen molar-refractivity contribution in [3.63, 3.8) is 0 Å². The van der Waals surface area contributed by atoms with E-state index in [4.69, 9.17) is 11.0 Å². The highest BCUT2D eigenvalue weighted by Crippen LogP contribution is 2.39. The van der Waals surface area contributed by atoms with Crippen LogP contribution in [0.1, 0.15) is 21.5 Å². The molecular weight excluding hydrogens is 325 g/mol. The van der Waals surface area contributed by atoms with Gasteiger partial charge in [-0.25, -0.2) is 18.0 Å². The third-order valence-electron chi connectivity index (χ3n) is 3.07. The Morgan fingerprint density at radius 1 is 1.09 bits per heavy atom. The Morgan fingerprint density at radius 3 is 2.30 bits per heavy atom. The number of carboxylic acids is 1. The Kier molecular flexibility index (Phi) is 4.24. The molecule has 0 bridgehead atoms. The number of carboxylic acid groups (broad SMARTS) is 1. The van der Waals surface area contributed by atoms with Gasteiger partial charge in [0.2, 0.25) is 0 Å². The zero-order valence-corrected chi connectivity index (χ0v) is 11.1. The molecule has 0 aliphatic heterocycles. The highest BCUT2D eigenvalue weighted by molar-refractivity contribution is 5.91. The molecule has 4 nitrogen and oxygen atoms in total. The Bertz CT molecular complexity index is 779. The van der Waals surface area contributed by atoms with E-state index in [1.165, 1.54) is 0 Å². The molecular formula is C14H8F5NO3. The van der Waals surface area contributed by atoms with E-state index in [1.54, 1.807) is 0 Å². The summed E-state index contributed by atoms with van der Waals surface area (Å²) >= 11 is 0. The van der Waals surface area contributed by atoms with E-state index in [0.717, 1.165) is 12.1 Å². The summed E-state index contributed by atoms with van der Waals surface area (Å²) in [5.41, 5.74) is -3.09. The normalized spacial score (nSPS) is 11.4. The van der Waals surface area contributed by atoms with Crippen LogP contribution in [0.15, 0.2) is 30.3 Å². The van der Waals surface area contributed by atoms with Gasteiger partial charge in [0.1, 0.15) is 5.56 Å². The van der Waals surface area contributed by atoms with E-state index < -0.39 is 51.8 Å². The van der Waals surface area contributed by atoms with Crippen LogP contribution in [0.2, 0.25) is 0 Å². The standard InChI is InChI=1S/C14H8F5NO3/c15-9-3-2-8(11(16)12(9)17)14(18,19)6-1-4-10(23-20)7(5-6)13(21)22/h1-5H,20H2,(H,21,22). The van der Waals surface area contributed by atoms with E-state index in [-0.39, 0.29) is 0 Å². The fraction of sp³-hybridized carbons (Fsp3) is 0.0714. The van der Waals surface area contributed by atoms with Gasteiger partial charge in [-0.15, -0.1) is 0 Å². The Labute approximate surface area is 125 Å². The Balaban J connectivity index is 2.62. The molecule has 2 aromatic carbocycles. The molecule has 0 radical (unpaired) electrons. The molecule has 0 aliphatic carbocycles. The molecule has 0 saturated carbocycles. The molecule has 0 amide bonds. The van der Waals surface area contributed by atoms with Crippen LogP contribution < -0.4 is 10.7 Å². The van der Waals surface area contributed by atoms with Crippen molar-refractivity contribution in [1.29, 1.82) is 0 Å². The first-order valence-corrected chi connectivity index (χ1v) is 5.96.